The third kappa shape index (κ3) is 2.42. The van der Waals surface area contributed by atoms with Crippen LogP contribution in [0.2, 0.25) is 0 Å². The van der Waals surface area contributed by atoms with Crippen molar-refractivity contribution in [2.75, 3.05) is 13.1 Å². The topological polar surface area (TPSA) is 29.3 Å². The second-order valence-electron chi connectivity index (χ2n) is 4.59. The number of nitrogens with two attached hydrogens (primary N) is 1. The lowest BCUT2D eigenvalue weighted by atomic mass is 10.1. The van der Waals surface area contributed by atoms with E-state index in [-0.39, 0.29) is 5.82 Å². The van der Waals surface area contributed by atoms with Gasteiger partial charge < -0.3 is 5.73 Å². The molecule has 1 aromatic carbocycles. The summed E-state index contributed by atoms with van der Waals surface area (Å²) in [5.41, 5.74) is 7.47. The summed E-state index contributed by atoms with van der Waals surface area (Å²) in [5, 5.41) is 0. The van der Waals surface area contributed by atoms with Gasteiger partial charge in [0, 0.05) is 19.1 Å². The molecule has 0 aromatic heterocycles. The number of likely N-dealkylation sites (tertiary alicyclic amines) is 1. The third-order valence-corrected chi connectivity index (χ3v) is 3.39. The van der Waals surface area contributed by atoms with Gasteiger partial charge in [0.05, 0.1) is 0 Å². The Morgan fingerprint density at radius 3 is 3.00 bits per heavy atom. The van der Waals surface area contributed by atoms with Gasteiger partial charge in [0.25, 0.3) is 0 Å². The van der Waals surface area contributed by atoms with Gasteiger partial charge in [0.2, 0.25) is 0 Å². The first-order chi connectivity index (χ1) is 7.70. The number of rotatable bonds is 3. The molecule has 16 heavy (non-hydrogen) atoms. The molecule has 0 amide bonds. The van der Waals surface area contributed by atoms with Crippen LogP contribution in [0.25, 0.3) is 0 Å². The molecule has 1 unspecified atom stereocenters. The minimum absolute atomic E-state index is 0.110. The van der Waals surface area contributed by atoms with Crippen LogP contribution in [0.1, 0.15) is 24.0 Å². The van der Waals surface area contributed by atoms with Crippen LogP contribution in [0, 0.1) is 12.7 Å². The highest BCUT2D eigenvalue weighted by molar-refractivity contribution is 5.23. The molecule has 2 N–H and O–H groups in total. The van der Waals surface area contributed by atoms with Gasteiger partial charge in [-0.25, -0.2) is 4.39 Å². The molecule has 3 heteroatoms. The molecule has 1 fully saturated rings. The number of benzene rings is 1. The molecule has 1 atom stereocenters. The maximum atomic E-state index is 13.4. The van der Waals surface area contributed by atoms with Crippen LogP contribution in [0.3, 0.4) is 0 Å². The molecule has 0 radical (unpaired) electrons. The van der Waals surface area contributed by atoms with Crippen LogP contribution in [-0.2, 0) is 6.54 Å². The Labute approximate surface area is 96.2 Å². The van der Waals surface area contributed by atoms with Gasteiger partial charge in [-0.1, -0.05) is 12.1 Å². The maximum absolute atomic E-state index is 13.4. The standard InChI is InChI=1S/C13H19FN2/c1-10-4-5-11(7-13(10)14)9-16-6-2-3-12(16)8-15/h4-5,7,12H,2-3,6,8-9,15H2,1H3. The van der Waals surface area contributed by atoms with E-state index in [1.807, 2.05) is 12.1 Å². The molecule has 1 aromatic rings. The lowest BCUT2D eigenvalue weighted by molar-refractivity contribution is 0.250. The lowest BCUT2D eigenvalue weighted by Gasteiger charge is -2.23. The predicted octanol–water partition coefficient (Wildman–Crippen LogP) is 2.06. The molecule has 2 nitrogen and oxygen atoms in total. The summed E-state index contributed by atoms with van der Waals surface area (Å²) >= 11 is 0. The van der Waals surface area contributed by atoms with Gasteiger partial charge in [-0.05, 0) is 43.5 Å². The van der Waals surface area contributed by atoms with Crippen molar-refractivity contribution in [3.05, 3.63) is 35.1 Å². The first kappa shape index (κ1) is 11.6. The van der Waals surface area contributed by atoms with Crippen molar-refractivity contribution in [1.29, 1.82) is 0 Å². The van der Waals surface area contributed by atoms with Gasteiger partial charge in [-0.2, -0.15) is 0 Å². The zero-order valence-electron chi connectivity index (χ0n) is 9.75. The molecule has 0 bridgehead atoms. The predicted molar refractivity (Wildman–Crippen MR) is 63.6 cm³/mol. The summed E-state index contributed by atoms with van der Waals surface area (Å²) < 4.78 is 13.4. The molecule has 0 aliphatic carbocycles. The largest absolute Gasteiger partial charge is 0.329 e. The Hall–Kier alpha value is -0.930. The van der Waals surface area contributed by atoms with E-state index in [1.165, 1.54) is 12.8 Å². The van der Waals surface area contributed by atoms with E-state index >= 15 is 0 Å². The van der Waals surface area contributed by atoms with Crippen molar-refractivity contribution >= 4 is 0 Å². The molecule has 0 saturated carbocycles. The van der Waals surface area contributed by atoms with Crippen molar-refractivity contribution < 1.29 is 4.39 Å². The first-order valence-corrected chi connectivity index (χ1v) is 5.90. The summed E-state index contributed by atoms with van der Waals surface area (Å²) in [6.07, 6.45) is 2.38. The van der Waals surface area contributed by atoms with E-state index in [4.69, 9.17) is 5.73 Å². The number of nitrogens with zero attached hydrogens (tertiary/aromatic N) is 1. The van der Waals surface area contributed by atoms with E-state index in [0.29, 0.717) is 18.2 Å². The van der Waals surface area contributed by atoms with Crippen molar-refractivity contribution in [2.24, 2.45) is 5.73 Å². The van der Waals surface area contributed by atoms with E-state index in [2.05, 4.69) is 4.90 Å². The van der Waals surface area contributed by atoms with Crippen LogP contribution in [0.5, 0.6) is 0 Å². The number of hydrogen-bond donors (Lipinski definition) is 1. The second-order valence-corrected chi connectivity index (χ2v) is 4.59. The lowest BCUT2D eigenvalue weighted by Crippen LogP contribution is -2.34. The van der Waals surface area contributed by atoms with Gasteiger partial charge in [0.15, 0.2) is 0 Å². The zero-order chi connectivity index (χ0) is 11.5. The van der Waals surface area contributed by atoms with Gasteiger partial charge >= 0.3 is 0 Å². The normalized spacial score (nSPS) is 21.6. The van der Waals surface area contributed by atoms with Gasteiger partial charge in [-0.15, -0.1) is 0 Å². The van der Waals surface area contributed by atoms with Crippen molar-refractivity contribution in [3.8, 4) is 0 Å². The zero-order valence-corrected chi connectivity index (χ0v) is 9.75. The fourth-order valence-electron chi connectivity index (χ4n) is 2.34. The molecule has 1 aliphatic rings. The van der Waals surface area contributed by atoms with E-state index < -0.39 is 0 Å². The average Bonchev–Trinajstić information content (AvgIpc) is 2.71. The molecular formula is C13H19FN2. The Kier molecular flexibility index (Phi) is 3.56. The molecule has 0 spiro atoms. The SMILES string of the molecule is Cc1ccc(CN2CCCC2CN)cc1F. The van der Waals surface area contributed by atoms with Gasteiger partial charge in [0.1, 0.15) is 5.82 Å². The summed E-state index contributed by atoms with van der Waals surface area (Å²) in [4.78, 5) is 2.35. The Morgan fingerprint density at radius 2 is 2.31 bits per heavy atom. The molecule has 1 heterocycles. The molecule has 1 saturated heterocycles. The quantitative estimate of drug-likeness (QED) is 0.848. The average molecular weight is 222 g/mol. The minimum Gasteiger partial charge on any atom is -0.329 e. The smallest absolute Gasteiger partial charge is 0.126 e. The Morgan fingerprint density at radius 1 is 1.50 bits per heavy atom. The highest BCUT2D eigenvalue weighted by atomic mass is 19.1. The monoisotopic (exact) mass is 222 g/mol. The summed E-state index contributed by atoms with van der Waals surface area (Å²) in [6, 6.07) is 5.97. The molecule has 2 rings (SSSR count). The van der Waals surface area contributed by atoms with Crippen molar-refractivity contribution in [2.45, 2.75) is 32.4 Å². The summed E-state index contributed by atoms with van der Waals surface area (Å²) in [7, 11) is 0. The van der Waals surface area contributed by atoms with Gasteiger partial charge in [-0.3, -0.25) is 4.90 Å². The van der Waals surface area contributed by atoms with Crippen LogP contribution < -0.4 is 5.73 Å². The van der Waals surface area contributed by atoms with Crippen LogP contribution >= 0.6 is 0 Å². The number of aryl methyl sites for hydroxylation is 1. The first-order valence-electron chi connectivity index (χ1n) is 5.90. The van der Waals surface area contributed by atoms with Crippen LogP contribution in [-0.4, -0.2) is 24.0 Å². The van der Waals surface area contributed by atoms with Crippen LogP contribution in [0.15, 0.2) is 18.2 Å². The Bertz CT molecular complexity index is 365. The minimum atomic E-state index is -0.110. The van der Waals surface area contributed by atoms with Crippen molar-refractivity contribution in [3.63, 3.8) is 0 Å². The summed E-state index contributed by atoms with van der Waals surface area (Å²) in [6.45, 7) is 4.39. The van der Waals surface area contributed by atoms with Crippen molar-refractivity contribution in [1.82, 2.24) is 4.90 Å². The Balaban J connectivity index is 2.05. The maximum Gasteiger partial charge on any atom is 0.126 e. The fourth-order valence-corrected chi connectivity index (χ4v) is 2.34. The molecule has 1 aliphatic heterocycles. The molecule has 88 valence electrons. The fraction of sp³-hybridized carbons (Fsp3) is 0.538. The highest BCUT2D eigenvalue weighted by Crippen LogP contribution is 2.20. The van der Waals surface area contributed by atoms with E-state index in [1.54, 1.807) is 13.0 Å². The summed E-state index contributed by atoms with van der Waals surface area (Å²) in [5.74, 6) is -0.110. The van der Waals surface area contributed by atoms with E-state index in [0.717, 1.165) is 18.7 Å². The molecular weight excluding hydrogens is 203 g/mol. The van der Waals surface area contributed by atoms with E-state index in [9.17, 15) is 4.39 Å². The second kappa shape index (κ2) is 4.93. The number of hydrogen-bond acceptors (Lipinski definition) is 2. The third-order valence-electron chi connectivity index (χ3n) is 3.39. The highest BCUT2D eigenvalue weighted by Gasteiger charge is 2.22. The van der Waals surface area contributed by atoms with Crippen LogP contribution in [0.4, 0.5) is 4.39 Å². The number of halogens is 1.